The molecule has 0 saturated heterocycles. The number of rotatable bonds is 6. The van der Waals surface area contributed by atoms with Gasteiger partial charge in [0, 0.05) is 17.3 Å². The molecule has 7 nitrogen and oxygen atoms in total. The van der Waals surface area contributed by atoms with Crippen LogP contribution in [0.1, 0.15) is 11.1 Å². The molecule has 0 aliphatic carbocycles. The van der Waals surface area contributed by atoms with E-state index < -0.39 is 0 Å². The fraction of sp³-hybridized carbons (Fsp3) is 0.174. The maximum Gasteiger partial charge on any atom is 0.234 e. The number of nitrogens with zero attached hydrogens (tertiary/aromatic N) is 2. The van der Waals surface area contributed by atoms with Gasteiger partial charge in [-0.25, -0.2) is 4.98 Å². The highest BCUT2D eigenvalue weighted by molar-refractivity contribution is 8.00. The summed E-state index contributed by atoms with van der Waals surface area (Å²) in [6, 6.07) is 16.7. The predicted octanol–water partition coefficient (Wildman–Crippen LogP) is 4.40. The van der Waals surface area contributed by atoms with Crippen LogP contribution in [0.3, 0.4) is 0 Å². The van der Waals surface area contributed by atoms with E-state index in [2.05, 4.69) is 16.4 Å². The van der Waals surface area contributed by atoms with Gasteiger partial charge in [-0.3, -0.25) is 4.79 Å². The van der Waals surface area contributed by atoms with Crippen molar-refractivity contribution >= 4 is 23.4 Å². The van der Waals surface area contributed by atoms with Crippen molar-refractivity contribution in [2.75, 3.05) is 25.0 Å². The van der Waals surface area contributed by atoms with E-state index in [-0.39, 0.29) is 18.5 Å². The minimum Gasteiger partial charge on any atom is -0.497 e. The quantitative estimate of drug-likeness (QED) is 0.576. The molecule has 0 bridgehead atoms. The molecule has 1 aliphatic heterocycles. The van der Waals surface area contributed by atoms with Crippen molar-refractivity contribution in [1.82, 2.24) is 4.98 Å². The normalized spacial score (nSPS) is 11.6. The molecule has 2 heterocycles. The number of thioether (sulfide) groups is 1. The average molecular weight is 433 g/mol. The standard InChI is InChI=1S/C23H19N3O4S/c1-14-3-6-17(28-2)10-19(14)25-22(27)12-31-23-16(11-24)4-7-18(26-23)15-5-8-20-21(9-15)30-13-29-20/h3-10H,12-13H2,1-2H3,(H,25,27). The second kappa shape index (κ2) is 8.98. The molecular formula is C23H19N3O4S. The molecule has 0 saturated carbocycles. The zero-order valence-electron chi connectivity index (χ0n) is 17.0. The molecule has 0 unspecified atom stereocenters. The van der Waals surface area contributed by atoms with Crippen molar-refractivity contribution < 1.29 is 19.0 Å². The first kappa shape index (κ1) is 20.6. The van der Waals surface area contributed by atoms with Crippen molar-refractivity contribution in [3.63, 3.8) is 0 Å². The molecule has 1 N–H and O–H groups in total. The van der Waals surface area contributed by atoms with E-state index in [1.165, 1.54) is 11.8 Å². The summed E-state index contributed by atoms with van der Waals surface area (Å²) in [6.07, 6.45) is 0. The number of pyridine rings is 1. The van der Waals surface area contributed by atoms with Gasteiger partial charge < -0.3 is 19.5 Å². The first-order valence-electron chi connectivity index (χ1n) is 9.46. The van der Waals surface area contributed by atoms with Gasteiger partial charge >= 0.3 is 0 Å². The Kier molecular flexibility index (Phi) is 5.96. The zero-order chi connectivity index (χ0) is 21.8. The first-order chi connectivity index (χ1) is 15.1. The van der Waals surface area contributed by atoms with Gasteiger partial charge in [0.25, 0.3) is 0 Å². The number of nitriles is 1. The lowest BCUT2D eigenvalue weighted by Gasteiger charge is -2.11. The van der Waals surface area contributed by atoms with E-state index in [1.807, 2.05) is 37.3 Å². The van der Waals surface area contributed by atoms with E-state index in [1.54, 1.807) is 25.3 Å². The average Bonchev–Trinajstić information content (AvgIpc) is 3.27. The van der Waals surface area contributed by atoms with E-state index in [4.69, 9.17) is 14.2 Å². The molecule has 8 heteroatoms. The molecule has 3 aromatic rings. The number of anilines is 1. The topological polar surface area (TPSA) is 93.5 Å². The van der Waals surface area contributed by atoms with Crippen molar-refractivity contribution in [2.45, 2.75) is 11.9 Å². The van der Waals surface area contributed by atoms with Gasteiger partial charge in [0.2, 0.25) is 12.7 Å². The van der Waals surface area contributed by atoms with Crippen LogP contribution < -0.4 is 19.5 Å². The molecule has 0 atom stereocenters. The van der Waals surface area contributed by atoms with Crippen molar-refractivity contribution in [2.24, 2.45) is 0 Å². The fourth-order valence-electron chi connectivity index (χ4n) is 3.04. The molecule has 0 spiro atoms. The van der Waals surface area contributed by atoms with Crippen LogP contribution in [-0.4, -0.2) is 30.5 Å². The van der Waals surface area contributed by atoms with Crippen LogP contribution in [0.4, 0.5) is 5.69 Å². The van der Waals surface area contributed by atoms with Crippen LogP contribution in [-0.2, 0) is 4.79 Å². The maximum absolute atomic E-state index is 12.5. The summed E-state index contributed by atoms with van der Waals surface area (Å²) in [4.78, 5) is 17.1. The first-order valence-corrected chi connectivity index (χ1v) is 10.4. The zero-order valence-corrected chi connectivity index (χ0v) is 17.8. The number of carbonyl (C=O) groups excluding carboxylic acids is 1. The highest BCUT2D eigenvalue weighted by Gasteiger charge is 2.16. The third-order valence-electron chi connectivity index (χ3n) is 4.71. The summed E-state index contributed by atoms with van der Waals surface area (Å²) < 4.78 is 16.0. The Morgan fingerprint density at radius 1 is 1.19 bits per heavy atom. The fourth-order valence-corrected chi connectivity index (χ4v) is 3.81. The summed E-state index contributed by atoms with van der Waals surface area (Å²) in [5, 5.41) is 12.8. The molecule has 1 aromatic heterocycles. The number of methoxy groups -OCH3 is 1. The lowest BCUT2D eigenvalue weighted by Crippen LogP contribution is -2.15. The molecule has 156 valence electrons. The van der Waals surface area contributed by atoms with Crippen LogP contribution in [0.25, 0.3) is 11.3 Å². The van der Waals surface area contributed by atoms with Crippen LogP contribution in [0.15, 0.2) is 53.6 Å². The molecule has 1 amide bonds. The third-order valence-corrected chi connectivity index (χ3v) is 5.70. The molecule has 0 radical (unpaired) electrons. The number of hydrogen-bond acceptors (Lipinski definition) is 7. The smallest absolute Gasteiger partial charge is 0.234 e. The highest BCUT2D eigenvalue weighted by Crippen LogP contribution is 2.36. The van der Waals surface area contributed by atoms with Gasteiger partial charge in [0.15, 0.2) is 11.5 Å². The molecular weight excluding hydrogens is 414 g/mol. The number of aromatic nitrogens is 1. The summed E-state index contributed by atoms with van der Waals surface area (Å²) in [5.41, 5.74) is 3.56. The second-order valence-electron chi connectivity index (χ2n) is 6.75. The molecule has 4 rings (SSSR count). The Hall–Kier alpha value is -3.70. The lowest BCUT2D eigenvalue weighted by atomic mass is 10.1. The Bertz CT molecular complexity index is 1190. The Morgan fingerprint density at radius 3 is 2.84 bits per heavy atom. The number of fused-ring (bicyclic) bond motifs is 1. The van der Waals surface area contributed by atoms with Crippen LogP contribution in [0.5, 0.6) is 17.2 Å². The van der Waals surface area contributed by atoms with E-state index in [0.29, 0.717) is 39.2 Å². The van der Waals surface area contributed by atoms with Crippen LogP contribution in [0.2, 0.25) is 0 Å². The number of ether oxygens (including phenoxy) is 3. The number of carbonyl (C=O) groups is 1. The van der Waals surface area contributed by atoms with Crippen molar-refractivity contribution in [3.05, 3.63) is 59.7 Å². The molecule has 2 aromatic carbocycles. The van der Waals surface area contributed by atoms with E-state index in [0.717, 1.165) is 11.1 Å². The Balaban J connectivity index is 1.50. The van der Waals surface area contributed by atoms with Gasteiger partial charge in [0.1, 0.15) is 16.8 Å². The Morgan fingerprint density at radius 2 is 2.03 bits per heavy atom. The Labute approximate surface area is 184 Å². The monoisotopic (exact) mass is 433 g/mol. The molecule has 31 heavy (non-hydrogen) atoms. The highest BCUT2D eigenvalue weighted by atomic mass is 32.2. The van der Waals surface area contributed by atoms with Crippen LogP contribution >= 0.6 is 11.8 Å². The number of benzene rings is 2. The van der Waals surface area contributed by atoms with E-state index in [9.17, 15) is 10.1 Å². The maximum atomic E-state index is 12.5. The number of nitrogens with one attached hydrogen (secondary N) is 1. The molecule has 0 fully saturated rings. The largest absolute Gasteiger partial charge is 0.497 e. The van der Waals surface area contributed by atoms with Crippen molar-refractivity contribution in [3.8, 4) is 34.6 Å². The second-order valence-corrected chi connectivity index (χ2v) is 7.71. The van der Waals surface area contributed by atoms with Crippen LogP contribution in [0, 0.1) is 18.3 Å². The summed E-state index contributed by atoms with van der Waals surface area (Å²) in [7, 11) is 1.58. The summed E-state index contributed by atoms with van der Waals surface area (Å²) in [6.45, 7) is 2.11. The van der Waals surface area contributed by atoms with Gasteiger partial charge in [0.05, 0.1) is 24.1 Å². The number of aryl methyl sites for hydroxylation is 1. The van der Waals surface area contributed by atoms with Crippen molar-refractivity contribution in [1.29, 1.82) is 5.26 Å². The lowest BCUT2D eigenvalue weighted by molar-refractivity contribution is -0.113. The van der Waals surface area contributed by atoms with Gasteiger partial charge in [-0.1, -0.05) is 17.8 Å². The minimum absolute atomic E-state index is 0.114. The summed E-state index contributed by atoms with van der Waals surface area (Å²) >= 11 is 1.22. The SMILES string of the molecule is COc1ccc(C)c(NC(=O)CSc2nc(-c3ccc4c(c3)OCO4)ccc2C#N)c1. The van der Waals surface area contributed by atoms with E-state index >= 15 is 0 Å². The van der Waals surface area contributed by atoms with Gasteiger partial charge in [-0.05, 0) is 48.9 Å². The van der Waals surface area contributed by atoms with Gasteiger partial charge in [-0.15, -0.1) is 0 Å². The number of hydrogen-bond donors (Lipinski definition) is 1. The summed E-state index contributed by atoms with van der Waals surface area (Å²) in [5.74, 6) is 1.93. The number of amides is 1. The molecule has 1 aliphatic rings. The predicted molar refractivity (Wildman–Crippen MR) is 118 cm³/mol. The van der Waals surface area contributed by atoms with Gasteiger partial charge in [-0.2, -0.15) is 5.26 Å². The minimum atomic E-state index is -0.194. The third kappa shape index (κ3) is 4.57.